The van der Waals surface area contributed by atoms with E-state index in [2.05, 4.69) is 10.3 Å². The first-order valence-corrected chi connectivity index (χ1v) is 6.24. The van der Waals surface area contributed by atoms with Gasteiger partial charge in [0.15, 0.2) is 0 Å². The standard InChI is InChI=1S/C13H18N4O2/c1-14-12(18)11-9-16(2)6-7-17(11)13(19)10-4-3-5-15-8-10/h3-5,8,11H,6-7,9H2,1-2H3,(H,14,18)/t11-/m0/s1. The Bertz CT molecular complexity index is 463. The molecule has 0 bridgehead atoms. The van der Waals surface area contributed by atoms with Crippen LogP contribution in [-0.2, 0) is 4.79 Å². The van der Waals surface area contributed by atoms with Gasteiger partial charge in [-0.05, 0) is 19.2 Å². The Morgan fingerprint density at radius 3 is 2.84 bits per heavy atom. The number of pyridine rings is 1. The average molecular weight is 262 g/mol. The van der Waals surface area contributed by atoms with Gasteiger partial charge in [0, 0.05) is 39.1 Å². The molecule has 1 aromatic rings. The molecule has 0 unspecified atom stereocenters. The van der Waals surface area contributed by atoms with Crippen molar-refractivity contribution in [3.05, 3.63) is 30.1 Å². The minimum atomic E-state index is -0.448. The number of piperazine rings is 1. The Labute approximate surface area is 112 Å². The third-order valence-corrected chi connectivity index (χ3v) is 3.30. The number of nitrogens with one attached hydrogen (secondary N) is 1. The van der Waals surface area contributed by atoms with Crippen molar-refractivity contribution in [2.45, 2.75) is 6.04 Å². The van der Waals surface area contributed by atoms with Crippen LogP contribution in [0.3, 0.4) is 0 Å². The topological polar surface area (TPSA) is 65.5 Å². The second kappa shape index (κ2) is 5.79. The van der Waals surface area contributed by atoms with Gasteiger partial charge >= 0.3 is 0 Å². The van der Waals surface area contributed by atoms with Gasteiger partial charge in [-0.1, -0.05) is 0 Å². The molecule has 0 aliphatic carbocycles. The van der Waals surface area contributed by atoms with Crippen LogP contribution in [0.4, 0.5) is 0 Å². The van der Waals surface area contributed by atoms with Crippen LogP contribution in [0.15, 0.2) is 24.5 Å². The highest BCUT2D eigenvalue weighted by Gasteiger charge is 2.34. The summed E-state index contributed by atoms with van der Waals surface area (Å²) in [5.74, 6) is -0.279. The highest BCUT2D eigenvalue weighted by molar-refractivity contribution is 5.97. The molecule has 1 aromatic heterocycles. The molecule has 1 saturated heterocycles. The van der Waals surface area contributed by atoms with Gasteiger partial charge in [-0.15, -0.1) is 0 Å². The Hall–Kier alpha value is -1.95. The summed E-state index contributed by atoms with van der Waals surface area (Å²) in [6, 6.07) is 2.99. The minimum absolute atomic E-state index is 0.135. The second-order valence-corrected chi connectivity index (χ2v) is 4.63. The molecule has 2 heterocycles. The number of carbonyl (C=O) groups is 2. The zero-order valence-corrected chi connectivity index (χ0v) is 11.2. The highest BCUT2D eigenvalue weighted by atomic mass is 16.2. The number of nitrogens with zero attached hydrogens (tertiary/aromatic N) is 3. The van der Waals surface area contributed by atoms with Crippen molar-refractivity contribution in [1.82, 2.24) is 20.1 Å². The van der Waals surface area contributed by atoms with Crippen molar-refractivity contribution in [1.29, 1.82) is 0 Å². The normalized spacial score (nSPS) is 20.1. The molecule has 19 heavy (non-hydrogen) atoms. The van der Waals surface area contributed by atoms with Crippen molar-refractivity contribution in [3.8, 4) is 0 Å². The monoisotopic (exact) mass is 262 g/mol. The number of carbonyl (C=O) groups excluding carboxylic acids is 2. The molecule has 2 rings (SSSR count). The fourth-order valence-corrected chi connectivity index (χ4v) is 2.21. The number of aromatic nitrogens is 1. The van der Waals surface area contributed by atoms with E-state index in [-0.39, 0.29) is 11.8 Å². The van der Waals surface area contributed by atoms with Crippen LogP contribution < -0.4 is 5.32 Å². The van der Waals surface area contributed by atoms with E-state index in [1.165, 1.54) is 6.20 Å². The fraction of sp³-hybridized carbons (Fsp3) is 0.462. The molecule has 2 amide bonds. The molecule has 1 fully saturated rings. The fourth-order valence-electron chi connectivity index (χ4n) is 2.21. The van der Waals surface area contributed by atoms with Gasteiger partial charge in [-0.2, -0.15) is 0 Å². The van der Waals surface area contributed by atoms with E-state index in [4.69, 9.17) is 0 Å². The molecule has 1 aliphatic rings. The number of likely N-dealkylation sites (N-methyl/N-ethyl adjacent to an activating group) is 2. The molecule has 0 aromatic carbocycles. The Morgan fingerprint density at radius 1 is 1.42 bits per heavy atom. The Balaban J connectivity index is 2.21. The van der Waals surface area contributed by atoms with E-state index in [0.717, 1.165) is 6.54 Å². The number of hydrogen-bond donors (Lipinski definition) is 1. The molecule has 0 radical (unpaired) electrons. The zero-order chi connectivity index (χ0) is 13.8. The molecule has 1 N–H and O–H groups in total. The molecule has 1 aliphatic heterocycles. The SMILES string of the molecule is CNC(=O)[C@@H]1CN(C)CCN1C(=O)c1cccnc1. The average Bonchev–Trinajstić information content (AvgIpc) is 2.46. The maximum Gasteiger partial charge on any atom is 0.256 e. The van der Waals surface area contributed by atoms with Crippen molar-refractivity contribution >= 4 is 11.8 Å². The van der Waals surface area contributed by atoms with Crippen LogP contribution in [0.25, 0.3) is 0 Å². The van der Waals surface area contributed by atoms with E-state index in [9.17, 15) is 9.59 Å². The first-order valence-electron chi connectivity index (χ1n) is 6.24. The smallest absolute Gasteiger partial charge is 0.256 e. The molecular weight excluding hydrogens is 244 g/mol. The van der Waals surface area contributed by atoms with E-state index in [1.54, 1.807) is 30.3 Å². The number of amides is 2. The summed E-state index contributed by atoms with van der Waals surface area (Å²) in [7, 11) is 3.53. The zero-order valence-electron chi connectivity index (χ0n) is 11.2. The third kappa shape index (κ3) is 2.90. The van der Waals surface area contributed by atoms with Gasteiger partial charge in [0.1, 0.15) is 6.04 Å². The van der Waals surface area contributed by atoms with Gasteiger partial charge in [0.2, 0.25) is 5.91 Å². The van der Waals surface area contributed by atoms with Crippen molar-refractivity contribution in [3.63, 3.8) is 0 Å². The summed E-state index contributed by atoms with van der Waals surface area (Å²) >= 11 is 0. The maximum atomic E-state index is 12.4. The van der Waals surface area contributed by atoms with Crippen LogP contribution >= 0.6 is 0 Å². The largest absolute Gasteiger partial charge is 0.357 e. The summed E-state index contributed by atoms with van der Waals surface area (Å²) in [5.41, 5.74) is 0.515. The number of hydrogen-bond acceptors (Lipinski definition) is 4. The lowest BCUT2D eigenvalue weighted by molar-refractivity contribution is -0.126. The van der Waals surface area contributed by atoms with Crippen molar-refractivity contribution < 1.29 is 9.59 Å². The number of rotatable bonds is 2. The van der Waals surface area contributed by atoms with Gasteiger partial charge in [-0.25, -0.2) is 0 Å². The summed E-state index contributed by atoms with van der Waals surface area (Å²) in [6.45, 7) is 1.85. The molecule has 6 heteroatoms. The van der Waals surface area contributed by atoms with E-state index in [1.807, 2.05) is 11.9 Å². The highest BCUT2D eigenvalue weighted by Crippen LogP contribution is 2.13. The van der Waals surface area contributed by atoms with Gasteiger partial charge < -0.3 is 15.1 Å². The first kappa shape index (κ1) is 13.5. The molecule has 6 nitrogen and oxygen atoms in total. The van der Waals surface area contributed by atoms with Crippen LogP contribution in [0.5, 0.6) is 0 Å². The summed E-state index contributed by atoms with van der Waals surface area (Å²) in [4.78, 5) is 32.0. The van der Waals surface area contributed by atoms with Crippen LogP contribution in [0.2, 0.25) is 0 Å². The lowest BCUT2D eigenvalue weighted by Gasteiger charge is -2.38. The van der Waals surface area contributed by atoms with Gasteiger partial charge in [-0.3, -0.25) is 14.6 Å². The van der Waals surface area contributed by atoms with Gasteiger partial charge in [0.05, 0.1) is 5.56 Å². The van der Waals surface area contributed by atoms with E-state index >= 15 is 0 Å². The van der Waals surface area contributed by atoms with E-state index in [0.29, 0.717) is 18.7 Å². The Kier molecular flexibility index (Phi) is 4.11. The lowest BCUT2D eigenvalue weighted by Crippen LogP contribution is -2.59. The van der Waals surface area contributed by atoms with Crippen molar-refractivity contribution in [2.75, 3.05) is 33.7 Å². The quantitative estimate of drug-likeness (QED) is 0.786. The second-order valence-electron chi connectivity index (χ2n) is 4.63. The first-order chi connectivity index (χ1) is 9.13. The van der Waals surface area contributed by atoms with Gasteiger partial charge in [0.25, 0.3) is 5.91 Å². The predicted octanol–water partition coefficient (Wildman–Crippen LogP) is -0.416. The third-order valence-electron chi connectivity index (χ3n) is 3.30. The molecule has 0 saturated carbocycles. The summed E-state index contributed by atoms with van der Waals surface area (Å²) in [5, 5.41) is 2.62. The molecule has 102 valence electrons. The van der Waals surface area contributed by atoms with Crippen LogP contribution in [0.1, 0.15) is 10.4 Å². The molecule has 0 spiro atoms. The molecule has 1 atom stereocenters. The van der Waals surface area contributed by atoms with Crippen molar-refractivity contribution in [2.24, 2.45) is 0 Å². The van der Waals surface area contributed by atoms with Crippen LogP contribution in [0, 0.1) is 0 Å². The van der Waals surface area contributed by atoms with Crippen LogP contribution in [-0.4, -0.2) is 66.4 Å². The minimum Gasteiger partial charge on any atom is -0.357 e. The maximum absolute atomic E-state index is 12.4. The predicted molar refractivity (Wildman–Crippen MR) is 70.6 cm³/mol. The lowest BCUT2D eigenvalue weighted by atomic mass is 10.1. The summed E-state index contributed by atoms with van der Waals surface area (Å²) in [6.07, 6.45) is 3.15. The Morgan fingerprint density at radius 2 is 2.21 bits per heavy atom. The summed E-state index contributed by atoms with van der Waals surface area (Å²) < 4.78 is 0. The van der Waals surface area contributed by atoms with E-state index < -0.39 is 6.04 Å². The molecular formula is C13H18N4O2.